The number of benzene rings is 1. The van der Waals surface area contributed by atoms with Crippen molar-refractivity contribution < 1.29 is 4.79 Å². The fourth-order valence-corrected chi connectivity index (χ4v) is 2.49. The minimum Gasteiger partial charge on any atom is -0.305 e. The number of hydrogen-bond acceptors (Lipinski definition) is 2. The lowest BCUT2D eigenvalue weighted by atomic mass is 10.1. The third kappa shape index (κ3) is 3.14. The molecule has 0 aliphatic heterocycles. The first-order valence-corrected chi connectivity index (χ1v) is 7.34. The SMILES string of the molecule is Cc1cccc(C(=O)Nc2nc(C)c(Cl)cc2Cl)c1Br. The van der Waals surface area contributed by atoms with Crippen LogP contribution in [0, 0.1) is 13.8 Å². The molecule has 1 aromatic carbocycles. The summed E-state index contributed by atoms with van der Waals surface area (Å²) in [6.07, 6.45) is 0. The second kappa shape index (κ2) is 6.12. The van der Waals surface area contributed by atoms with Gasteiger partial charge in [-0.3, -0.25) is 4.79 Å². The molecule has 0 spiro atoms. The summed E-state index contributed by atoms with van der Waals surface area (Å²) in [5, 5.41) is 3.46. The van der Waals surface area contributed by atoms with Gasteiger partial charge in [-0.25, -0.2) is 4.98 Å². The maximum absolute atomic E-state index is 12.3. The molecule has 0 bridgehead atoms. The molecule has 2 rings (SSSR count). The lowest BCUT2D eigenvalue weighted by molar-refractivity contribution is 0.102. The smallest absolute Gasteiger partial charge is 0.258 e. The van der Waals surface area contributed by atoms with Crippen LogP contribution < -0.4 is 5.32 Å². The van der Waals surface area contributed by atoms with Crippen molar-refractivity contribution >= 4 is 50.9 Å². The van der Waals surface area contributed by atoms with E-state index in [9.17, 15) is 4.79 Å². The predicted molar refractivity (Wildman–Crippen MR) is 85.8 cm³/mol. The first-order valence-electron chi connectivity index (χ1n) is 5.79. The van der Waals surface area contributed by atoms with Crippen LogP contribution in [-0.4, -0.2) is 10.9 Å². The van der Waals surface area contributed by atoms with Crippen molar-refractivity contribution in [3.05, 3.63) is 55.6 Å². The van der Waals surface area contributed by atoms with Crippen molar-refractivity contribution in [3.8, 4) is 0 Å². The Hall–Kier alpha value is -1.10. The molecule has 3 nitrogen and oxygen atoms in total. The Morgan fingerprint density at radius 1 is 1.25 bits per heavy atom. The van der Waals surface area contributed by atoms with Crippen LogP contribution in [0.15, 0.2) is 28.7 Å². The number of aryl methyl sites for hydroxylation is 2. The number of carbonyl (C=O) groups is 1. The van der Waals surface area contributed by atoms with E-state index in [4.69, 9.17) is 23.2 Å². The lowest BCUT2D eigenvalue weighted by Crippen LogP contribution is -2.14. The van der Waals surface area contributed by atoms with Gasteiger partial charge in [-0.15, -0.1) is 0 Å². The normalized spacial score (nSPS) is 10.4. The van der Waals surface area contributed by atoms with Crippen LogP contribution in [0.3, 0.4) is 0 Å². The summed E-state index contributed by atoms with van der Waals surface area (Å²) in [7, 11) is 0. The molecule has 20 heavy (non-hydrogen) atoms. The van der Waals surface area contributed by atoms with Crippen molar-refractivity contribution in [2.75, 3.05) is 5.32 Å². The minimum atomic E-state index is -0.281. The standard InChI is InChI=1S/C14H11BrCl2N2O/c1-7-4-3-5-9(12(7)15)14(20)19-13-11(17)6-10(16)8(2)18-13/h3-6H,1-2H3,(H,18,19,20). The molecule has 1 N–H and O–H groups in total. The van der Waals surface area contributed by atoms with E-state index in [1.54, 1.807) is 19.1 Å². The molecule has 1 amide bonds. The molecule has 0 atom stereocenters. The monoisotopic (exact) mass is 372 g/mol. The topological polar surface area (TPSA) is 42.0 Å². The molecule has 104 valence electrons. The van der Waals surface area contributed by atoms with Crippen molar-refractivity contribution in [1.82, 2.24) is 4.98 Å². The van der Waals surface area contributed by atoms with Crippen LogP contribution in [-0.2, 0) is 0 Å². The lowest BCUT2D eigenvalue weighted by Gasteiger charge is -2.10. The van der Waals surface area contributed by atoms with Gasteiger partial charge in [0.25, 0.3) is 5.91 Å². The summed E-state index contributed by atoms with van der Waals surface area (Å²) in [6.45, 7) is 3.66. The number of carbonyl (C=O) groups excluding carboxylic acids is 1. The average molecular weight is 374 g/mol. The van der Waals surface area contributed by atoms with E-state index in [1.807, 2.05) is 19.1 Å². The van der Waals surface area contributed by atoms with Gasteiger partial charge < -0.3 is 5.32 Å². The summed E-state index contributed by atoms with van der Waals surface area (Å²) in [4.78, 5) is 16.4. The van der Waals surface area contributed by atoms with Gasteiger partial charge in [0.05, 0.1) is 21.3 Å². The minimum absolute atomic E-state index is 0.281. The van der Waals surface area contributed by atoms with Crippen molar-refractivity contribution in [3.63, 3.8) is 0 Å². The number of hydrogen-bond donors (Lipinski definition) is 1. The Labute approximate surface area is 135 Å². The first-order chi connectivity index (χ1) is 9.40. The molecule has 1 heterocycles. The molecule has 0 aliphatic rings. The first kappa shape index (κ1) is 15.3. The average Bonchev–Trinajstić information content (AvgIpc) is 2.39. The Kier molecular flexibility index (Phi) is 4.68. The summed E-state index contributed by atoms with van der Waals surface area (Å²) in [6, 6.07) is 7.02. The molecule has 2 aromatic rings. The quantitative estimate of drug-likeness (QED) is 0.802. The van der Waals surface area contributed by atoms with Crippen molar-refractivity contribution in [1.29, 1.82) is 0 Å². The number of pyridine rings is 1. The van der Waals surface area contributed by atoms with Crippen LogP contribution in [0.1, 0.15) is 21.6 Å². The fourth-order valence-electron chi connectivity index (χ4n) is 1.64. The highest BCUT2D eigenvalue weighted by atomic mass is 79.9. The van der Waals surface area contributed by atoms with E-state index in [0.29, 0.717) is 27.1 Å². The largest absolute Gasteiger partial charge is 0.305 e. The van der Waals surface area contributed by atoms with Crippen LogP contribution in [0.2, 0.25) is 10.0 Å². The molecule has 0 unspecified atom stereocenters. The predicted octanol–water partition coefficient (Wildman–Crippen LogP) is 5.02. The Bertz CT molecular complexity index is 689. The van der Waals surface area contributed by atoms with Gasteiger partial charge in [0.15, 0.2) is 5.82 Å². The number of amides is 1. The molecule has 0 aliphatic carbocycles. The number of rotatable bonds is 2. The maximum Gasteiger partial charge on any atom is 0.258 e. The highest BCUT2D eigenvalue weighted by molar-refractivity contribution is 9.10. The maximum atomic E-state index is 12.3. The fraction of sp³-hybridized carbons (Fsp3) is 0.143. The second-order valence-corrected chi connectivity index (χ2v) is 5.88. The van der Waals surface area contributed by atoms with Gasteiger partial charge in [-0.1, -0.05) is 35.3 Å². The van der Waals surface area contributed by atoms with Crippen LogP contribution >= 0.6 is 39.1 Å². The number of halogens is 3. The van der Waals surface area contributed by atoms with Gasteiger partial charge in [-0.05, 0) is 47.5 Å². The van der Waals surface area contributed by atoms with E-state index >= 15 is 0 Å². The molecular weight excluding hydrogens is 363 g/mol. The number of nitrogens with zero attached hydrogens (tertiary/aromatic N) is 1. The zero-order valence-electron chi connectivity index (χ0n) is 10.8. The molecular formula is C14H11BrCl2N2O. The Morgan fingerprint density at radius 2 is 1.95 bits per heavy atom. The summed E-state index contributed by atoms with van der Waals surface area (Å²) < 4.78 is 0.749. The van der Waals surface area contributed by atoms with Crippen molar-refractivity contribution in [2.24, 2.45) is 0 Å². The molecule has 0 fully saturated rings. The summed E-state index contributed by atoms with van der Waals surface area (Å²) in [5.74, 6) is 0.0173. The van der Waals surface area contributed by atoms with Gasteiger partial charge in [0, 0.05) is 4.47 Å². The van der Waals surface area contributed by atoms with Gasteiger partial charge >= 0.3 is 0 Å². The van der Waals surface area contributed by atoms with Crippen LogP contribution in [0.5, 0.6) is 0 Å². The van der Waals surface area contributed by atoms with Gasteiger partial charge in [0.1, 0.15) is 0 Å². The molecule has 6 heteroatoms. The summed E-state index contributed by atoms with van der Waals surface area (Å²) >= 11 is 15.4. The number of anilines is 1. The van der Waals surface area contributed by atoms with Crippen LogP contribution in [0.4, 0.5) is 5.82 Å². The van der Waals surface area contributed by atoms with E-state index in [2.05, 4.69) is 26.2 Å². The van der Waals surface area contributed by atoms with Crippen molar-refractivity contribution in [2.45, 2.75) is 13.8 Å². The number of nitrogens with one attached hydrogen (secondary N) is 1. The zero-order valence-corrected chi connectivity index (χ0v) is 13.9. The zero-order chi connectivity index (χ0) is 14.9. The second-order valence-electron chi connectivity index (χ2n) is 4.28. The molecule has 0 saturated heterocycles. The summed E-state index contributed by atoms with van der Waals surface area (Å²) in [5.41, 5.74) is 2.11. The van der Waals surface area contributed by atoms with Gasteiger partial charge in [0.2, 0.25) is 0 Å². The van der Waals surface area contributed by atoms with E-state index in [1.165, 1.54) is 0 Å². The highest BCUT2D eigenvalue weighted by Crippen LogP contribution is 2.27. The third-order valence-electron chi connectivity index (χ3n) is 2.77. The third-order valence-corrected chi connectivity index (χ3v) is 4.50. The Balaban J connectivity index is 2.33. The van der Waals surface area contributed by atoms with E-state index in [-0.39, 0.29) is 5.91 Å². The van der Waals surface area contributed by atoms with E-state index < -0.39 is 0 Å². The molecule has 0 radical (unpaired) electrons. The van der Waals surface area contributed by atoms with E-state index in [0.717, 1.165) is 10.0 Å². The highest BCUT2D eigenvalue weighted by Gasteiger charge is 2.14. The van der Waals surface area contributed by atoms with Crippen LogP contribution in [0.25, 0.3) is 0 Å². The molecule has 1 aromatic heterocycles. The Morgan fingerprint density at radius 3 is 2.65 bits per heavy atom. The number of aromatic nitrogens is 1. The molecule has 0 saturated carbocycles. The van der Waals surface area contributed by atoms with Gasteiger partial charge in [-0.2, -0.15) is 0 Å².